The lowest BCUT2D eigenvalue weighted by atomic mass is 9.62. The number of para-hydroxylation sites is 1. The topological polar surface area (TPSA) is 109 Å². The standard InChI is InChI=1S/C24H26N4O4/c1-23(2)11-18(29)20-19(12-23)32-21(26)16(13-25)24(20)15-5-3-4-6-17(15)28(22(24)30)14-27-7-9-31-10-8-27/h3-6H,7-12,14,26H2,1-2H3/t24-/m0/s1. The van der Waals surface area contributed by atoms with Gasteiger partial charge in [-0.15, -0.1) is 0 Å². The molecule has 1 aliphatic carbocycles. The van der Waals surface area contributed by atoms with Gasteiger partial charge in [-0.3, -0.25) is 19.4 Å². The van der Waals surface area contributed by atoms with Crippen LogP contribution in [0.4, 0.5) is 5.69 Å². The Hall–Kier alpha value is -3.15. The van der Waals surface area contributed by atoms with Gasteiger partial charge in [-0.05, 0) is 11.5 Å². The van der Waals surface area contributed by atoms with Gasteiger partial charge in [0.05, 0.1) is 31.1 Å². The highest BCUT2D eigenvalue weighted by molar-refractivity contribution is 6.20. The van der Waals surface area contributed by atoms with Crippen LogP contribution >= 0.6 is 0 Å². The number of allylic oxidation sites excluding steroid dienone is 1. The predicted octanol–water partition coefficient (Wildman–Crippen LogP) is 1.93. The number of amides is 1. The molecule has 5 rings (SSSR count). The van der Waals surface area contributed by atoms with Crippen molar-refractivity contribution in [1.82, 2.24) is 4.90 Å². The lowest BCUT2D eigenvalue weighted by Gasteiger charge is -2.41. The number of nitrogens with two attached hydrogens (primary N) is 1. The molecule has 3 heterocycles. The van der Waals surface area contributed by atoms with E-state index in [-0.39, 0.29) is 40.6 Å². The number of anilines is 1. The Bertz CT molecular complexity index is 1120. The molecular weight excluding hydrogens is 408 g/mol. The van der Waals surface area contributed by atoms with Gasteiger partial charge in [-0.25, -0.2) is 0 Å². The molecule has 1 fully saturated rings. The fourth-order valence-electron chi connectivity index (χ4n) is 5.42. The van der Waals surface area contributed by atoms with Crippen LogP contribution in [0.15, 0.2) is 47.1 Å². The fourth-order valence-corrected chi connectivity index (χ4v) is 5.42. The summed E-state index contributed by atoms with van der Waals surface area (Å²) in [4.78, 5) is 31.6. The molecule has 1 saturated heterocycles. The van der Waals surface area contributed by atoms with Gasteiger partial charge in [-0.1, -0.05) is 32.0 Å². The Morgan fingerprint density at radius 2 is 1.88 bits per heavy atom. The van der Waals surface area contributed by atoms with Gasteiger partial charge in [0.1, 0.15) is 22.8 Å². The quantitative estimate of drug-likeness (QED) is 0.757. The highest BCUT2D eigenvalue weighted by Crippen LogP contribution is 2.57. The molecule has 1 amide bonds. The third kappa shape index (κ3) is 2.81. The van der Waals surface area contributed by atoms with E-state index in [1.165, 1.54) is 0 Å². The normalized spacial score (nSPS) is 27.3. The van der Waals surface area contributed by atoms with Crippen molar-refractivity contribution in [2.24, 2.45) is 11.1 Å². The number of Topliss-reactive ketones (excluding diaryl/α,β-unsaturated/α-hetero) is 1. The maximum Gasteiger partial charge on any atom is 0.249 e. The number of fused-ring (bicyclic) bond motifs is 3. The van der Waals surface area contributed by atoms with E-state index in [9.17, 15) is 14.9 Å². The number of nitrogens with zero attached hydrogens (tertiary/aromatic N) is 3. The molecule has 0 aromatic heterocycles. The molecule has 1 atom stereocenters. The number of hydrogen-bond donors (Lipinski definition) is 1. The molecule has 8 heteroatoms. The maximum atomic E-state index is 14.3. The number of nitriles is 1. The number of ether oxygens (including phenoxy) is 2. The van der Waals surface area contributed by atoms with Gasteiger partial charge in [-0.2, -0.15) is 5.26 Å². The predicted molar refractivity (Wildman–Crippen MR) is 116 cm³/mol. The lowest BCUT2D eigenvalue weighted by molar-refractivity contribution is -0.126. The van der Waals surface area contributed by atoms with Crippen LogP contribution in [0.25, 0.3) is 0 Å². The highest BCUT2D eigenvalue weighted by atomic mass is 16.5. The van der Waals surface area contributed by atoms with Crippen LogP contribution in [0.2, 0.25) is 0 Å². The molecule has 166 valence electrons. The van der Waals surface area contributed by atoms with Crippen LogP contribution in [0.1, 0.15) is 32.3 Å². The molecule has 3 aliphatic heterocycles. The van der Waals surface area contributed by atoms with E-state index in [0.29, 0.717) is 56.4 Å². The molecule has 1 aromatic rings. The summed E-state index contributed by atoms with van der Waals surface area (Å²) in [5.74, 6) is -0.200. The molecule has 32 heavy (non-hydrogen) atoms. The molecule has 2 N–H and O–H groups in total. The summed E-state index contributed by atoms with van der Waals surface area (Å²) in [6, 6.07) is 9.48. The third-order valence-corrected chi connectivity index (χ3v) is 6.79. The Balaban J connectivity index is 1.72. The molecule has 0 bridgehead atoms. The Morgan fingerprint density at radius 3 is 2.59 bits per heavy atom. The van der Waals surface area contributed by atoms with E-state index >= 15 is 0 Å². The number of morpholine rings is 1. The van der Waals surface area contributed by atoms with E-state index in [0.717, 1.165) is 0 Å². The van der Waals surface area contributed by atoms with E-state index in [2.05, 4.69) is 11.0 Å². The summed E-state index contributed by atoms with van der Waals surface area (Å²) < 4.78 is 11.3. The summed E-state index contributed by atoms with van der Waals surface area (Å²) in [7, 11) is 0. The van der Waals surface area contributed by atoms with Crippen LogP contribution in [0.3, 0.4) is 0 Å². The van der Waals surface area contributed by atoms with Crippen molar-refractivity contribution in [2.75, 3.05) is 37.9 Å². The lowest BCUT2D eigenvalue weighted by Crippen LogP contribution is -2.52. The van der Waals surface area contributed by atoms with Crippen LogP contribution in [-0.4, -0.2) is 49.6 Å². The second-order valence-corrected chi connectivity index (χ2v) is 9.56. The third-order valence-electron chi connectivity index (χ3n) is 6.79. The van der Waals surface area contributed by atoms with Gasteiger partial charge in [0.15, 0.2) is 5.78 Å². The molecule has 0 radical (unpaired) electrons. The van der Waals surface area contributed by atoms with Crippen molar-refractivity contribution >= 4 is 17.4 Å². The number of ketones is 1. The van der Waals surface area contributed by atoms with Gasteiger partial charge in [0, 0.05) is 31.5 Å². The highest BCUT2D eigenvalue weighted by Gasteiger charge is 2.63. The average molecular weight is 434 g/mol. The van der Waals surface area contributed by atoms with E-state index in [1.54, 1.807) is 4.90 Å². The van der Waals surface area contributed by atoms with E-state index < -0.39 is 5.41 Å². The second kappa shape index (κ2) is 7.19. The van der Waals surface area contributed by atoms with Gasteiger partial charge >= 0.3 is 0 Å². The van der Waals surface area contributed by atoms with Gasteiger partial charge < -0.3 is 15.2 Å². The number of carbonyl (C=O) groups is 2. The van der Waals surface area contributed by atoms with Crippen molar-refractivity contribution in [3.63, 3.8) is 0 Å². The summed E-state index contributed by atoms with van der Waals surface area (Å²) in [6.07, 6.45) is 0.739. The Labute approximate surface area is 186 Å². The van der Waals surface area contributed by atoms with Crippen LogP contribution in [-0.2, 0) is 24.5 Å². The average Bonchev–Trinajstić information content (AvgIpc) is 2.97. The first-order valence-corrected chi connectivity index (χ1v) is 10.9. The summed E-state index contributed by atoms with van der Waals surface area (Å²) in [5.41, 5.74) is 5.90. The largest absolute Gasteiger partial charge is 0.444 e. The molecule has 1 aromatic carbocycles. The minimum Gasteiger partial charge on any atom is -0.444 e. The summed E-state index contributed by atoms with van der Waals surface area (Å²) >= 11 is 0. The first kappa shape index (κ1) is 20.7. The second-order valence-electron chi connectivity index (χ2n) is 9.56. The van der Waals surface area contributed by atoms with E-state index in [1.807, 2.05) is 38.1 Å². The van der Waals surface area contributed by atoms with Crippen molar-refractivity contribution in [3.8, 4) is 6.07 Å². The molecule has 8 nitrogen and oxygen atoms in total. The van der Waals surface area contributed by atoms with Crippen LogP contribution in [0.5, 0.6) is 0 Å². The molecule has 0 saturated carbocycles. The number of hydrogen-bond acceptors (Lipinski definition) is 7. The molecule has 1 spiro atoms. The number of carbonyl (C=O) groups excluding carboxylic acids is 2. The monoisotopic (exact) mass is 434 g/mol. The number of rotatable bonds is 2. The first-order chi connectivity index (χ1) is 15.3. The zero-order chi connectivity index (χ0) is 22.7. The van der Waals surface area contributed by atoms with Crippen molar-refractivity contribution < 1.29 is 19.1 Å². The maximum absolute atomic E-state index is 14.3. The minimum atomic E-state index is -1.57. The van der Waals surface area contributed by atoms with Gasteiger partial charge in [0.25, 0.3) is 0 Å². The molecule has 4 aliphatic rings. The van der Waals surface area contributed by atoms with Crippen LogP contribution < -0.4 is 10.6 Å². The Kier molecular flexibility index (Phi) is 4.66. The summed E-state index contributed by atoms with van der Waals surface area (Å²) in [5, 5.41) is 10.1. The first-order valence-electron chi connectivity index (χ1n) is 10.9. The fraction of sp³-hybridized carbons (Fsp3) is 0.458. The van der Waals surface area contributed by atoms with E-state index in [4.69, 9.17) is 15.2 Å². The smallest absolute Gasteiger partial charge is 0.249 e. The Morgan fingerprint density at radius 1 is 1.16 bits per heavy atom. The molecule has 0 unspecified atom stereocenters. The zero-order valence-corrected chi connectivity index (χ0v) is 18.3. The van der Waals surface area contributed by atoms with Crippen LogP contribution in [0, 0.1) is 16.7 Å². The zero-order valence-electron chi connectivity index (χ0n) is 18.3. The minimum absolute atomic E-state index is 0.00812. The molecular formula is C24H26N4O4. The summed E-state index contributed by atoms with van der Waals surface area (Å²) in [6.45, 7) is 6.92. The van der Waals surface area contributed by atoms with Crippen molar-refractivity contribution in [2.45, 2.75) is 32.1 Å². The van der Waals surface area contributed by atoms with Crippen molar-refractivity contribution in [3.05, 3.63) is 52.6 Å². The SMILES string of the molecule is CC1(C)CC(=O)C2=C(C1)OC(N)=C(C#N)[C@]21C(=O)N(CN2CCOCC2)c2ccccc21. The van der Waals surface area contributed by atoms with Gasteiger partial charge in [0.2, 0.25) is 11.8 Å². The number of benzene rings is 1. The van der Waals surface area contributed by atoms with Crippen molar-refractivity contribution in [1.29, 1.82) is 5.26 Å².